The largest absolute Gasteiger partial charge is 0.326 e. The van der Waals surface area contributed by atoms with E-state index in [1.807, 2.05) is 0 Å². The molecule has 140 valence electrons. The van der Waals surface area contributed by atoms with Crippen LogP contribution in [0.3, 0.4) is 0 Å². The lowest BCUT2D eigenvalue weighted by Gasteiger charge is -2.12. The molecule has 0 aliphatic carbocycles. The summed E-state index contributed by atoms with van der Waals surface area (Å²) in [5.41, 5.74) is 2.17. The molecular formula is C18H20F2N2O3S. The summed E-state index contributed by atoms with van der Waals surface area (Å²) in [6.07, 6.45) is 0.380. The normalized spacial score (nSPS) is 11.2. The van der Waals surface area contributed by atoms with Gasteiger partial charge in [-0.25, -0.2) is 17.2 Å². The van der Waals surface area contributed by atoms with E-state index in [9.17, 15) is 22.0 Å². The average Bonchev–Trinajstić information content (AvgIpc) is 2.58. The summed E-state index contributed by atoms with van der Waals surface area (Å²) in [6.45, 7) is 3.27. The fourth-order valence-electron chi connectivity index (χ4n) is 2.27. The highest BCUT2D eigenvalue weighted by atomic mass is 32.2. The number of anilines is 2. The maximum atomic E-state index is 13.2. The lowest BCUT2D eigenvalue weighted by Crippen LogP contribution is -2.16. The van der Waals surface area contributed by atoms with E-state index in [1.54, 1.807) is 32.0 Å². The van der Waals surface area contributed by atoms with Gasteiger partial charge in [-0.3, -0.25) is 9.52 Å². The zero-order valence-electron chi connectivity index (χ0n) is 14.5. The van der Waals surface area contributed by atoms with Crippen LogP contribution < -0.4 is 10.0 Å². The van der Waals surface area contributed by atoms with Gasteiger partial charge < -0.3 is 5.32 Å². The summed E-state index contributed by atoms with van der Waals surface area (Å²) < 4.78 is 51.7. The van der Waals surface area contributed by atoms with Gasteiger partial charge in [-0.2, -0.15) is 0 Å². The second-order valence-corrected chi connectivity index (χ2v) is 7.84. The lowest BCUT2D eigenvalue weighted by molar-refractivity contribution is -0.116. The molecule has 0 saturated heterocycles. The van der Waals surface area contributed by atoms with Crippen LogP contribution in [0.2, 0.25) is 0 Å². The van der Waals surface area contributed by atoms with E-state index in [0.29, 0.717) is 22.5 Å². The van der Waals surface area contributed by atoms with Crippen molar-refractivity contribution in [3.05, 3.63) is 59.2 Å². The van der Waals surface area contributed by atoms with Crippen LogP contribution in [-0.4, -0.2) is 20.1 Å². The first-order chi connectivity index (χ1) is 12.2. The summed E-state index contributed by atoms with van der Waals surface area (Å²) >= 11 is 0. The minimum Gasteiger partial charge on any atom is -0.326 e. The summed E-state index contributed by atoms with van der Waals surface area (Å²) in [6, 6.07) is 8.36. The van der Waals surface area contributed by atoms with E-state index < -0.39 is 21.7 Å². The van der Waals surface area contributed by atoms with Gasteiger partial charge in [0.25, 0.3) is 0 Å². The van der Waals surface area contributed by atoms with Crippen molar-refractivity contribution >= 4 is 27.3 Å². The molecule has 0 fully saturated rings. The van der Waals surface area contributed by atoms with Gasteiger partial charge in [-0.05, 0) is 61.7 Å². The van der Waals surface area contributed by atoms with E-state index in [4.69, 9.17) is 0 Å². The molecule has 0 atom stereocenters. The molecule has 2 N–H and O–H groups in total. The highest BCUT2D eigenvalue weighted by Gasteiger charge is 2.10. The monoisotopic (exact) mass is 382 g/mol. The molecule has 0 aliphatic heterocycles. The summed E-state index contributed by atoms with van der Waals surface area (Å²) in [4.78, 5) is 12.0. The molecule has 8 heteroatoms. The Morgan fingerprint density at radius 1 is 1.08 bits per heavy atom. The highest BCUT2D eigenvalue weighted by Crippen LogP contribution is 2.21. The number of aryl methyl sites for hydroxylation is 2. The number of carbonyl (C=O) groups excluding carboxylic acids is 1. The van der Waals surface area contributed by atoms with Gasteiger partial charge in [0, 0.05) is 12.1 Å². The molecule has 5 nitrogen and oxygen atoms in total. The summed E-state index contributed by atoms with van der Waals surface area (Å²) in [5, 5.41) is 2.70. The molecule has 0 bridgehead atoms. The van der Waals surface area contributed by atoms with E-state index >= 15 is 0 Å². The van der Waals surface area contributed by atoms with Crippen LogP contribution in [0.4, 0.5) is 20.2 Å². The van der Waals surface area contributed by atoms with E-state index in [0.717, 1.165) is 12.1 Å². The number of amides is 1. The molecule has 0 unspecified atom stereocenters. The van der Waals surface area contributed by atoms with Crippen LogP contribution >= 0.6 is 0 Å². The van der Waals surface area contributed by atoms with E-state index in [2.05, 4.69) is 10.0 Å². The molecular weight excluding hydrogens is 362 g/mol. The minimum absolute atomic E-state index is 0.0328. The Bertz CT molecular complexity index is 915. The second-order valence-electron chi connectivity index (χ2n) is 5.83. The van der Waals surface area contributed by atoms with Crippen LogP contribution in [0, 0.1) is 18.6 Å². The number of hydrogen-bond acceptors (Lipinski definition) is 3. The number of sulfonamides is 1. The molecule has 1 amide bonds. The van der Waals surface area contributed by atoms with Gasteiger partial charge in [0.15, 0.2) is 11.6 Å². The zero-order valence-corrected chi connectivity index (χ0v) is 15.3. The smallest absolute Gasteiger partial charge is 0.232 e. The number of hydrogen-bond donors (Lipinski definition) is 2. The minimum atomic E-state index is -3.37. The van der Waals surface area contributed by atoms with Gasteiger partial charge >= 0.3 is 0 Å². The molecule has 0 heterocycles. The number of rotatable bonds is 7. The second kappa shape index (κ2) is 8.27. The van der Waals surface area contributed by atoms with Gasteiger partial charge in [-0.15, -0.1) is 0 Å². The standard InChI is InChI=1S/C18H20F2N2O3S/c1-3-26(24,25)22-17-8-6-14(10-12(17)2)21-18(23)9-5-13-4-7-15(19)16(20)11-13/h4,6-8,10-11,22H,3,5,9H2,1-2H3,(H,21,23). The van der Waals surface area contributed by atoms with Crippen molar-refractivity contribution < 1.29 is 22.0 Å². The molecule has 2 aromatic rings. The quantitative estimate of drug-likeness (QED) is 0.768. The third-order valence-electron chi connectivity index (χ3n) is 3.78. The fraction of sp³-hybridized carbons (Fsp3) is 0.278. The fourth-order valence-corrected chi connectivity index (χ4v) is 2.98. The molecule has 0 saturated carbocycles. The first-order valence-corrected chi connectivity index (χ1v) is 9.70. The third-order valence-corrected chi connectivity index (χ3v) is 5.07. The lowest BCUT2D eigenvalue weighted by atomic mass is 10.1. The summed E-state index contributed by atoms with van der Waals surface area (Å²) in [5.74, 6) is -2.18. The van der Waals surface area contributed by atoms with Gasteiger partial charge in [0.2, 0.25) is 15.9 Å². The first-order valence-electron chi connectivity index (χ1n) is 8.05. The Hall–Kier alpha value is -2.48. The Balaban J connectivity index is 1.96. The average molecular weight is 382 g/mol. The maximum Gasteiger partial charge on any atom is 0.232 e. The van der Waals surface area contributed by atoms with Crippen LogP contribution in [0.1, 0.15) is 24.5 Å². The zero-order chi connectivity index (χ0) is 19.3. The molecule has 0 aliphatic rings. The Morgan fingerprint density at radius 2 is 1.81 bits per heavy atom. The third kappa shape index (κ3) is 5.52. The molecule has 26 heavy (non-hydrogen) atoms. The predicted octanol–water partition coefficient (Wildman–Crippen LogP) is 3.61. The number of halogens is 2. The van der Waals surface area contributed by atoms with E-state index in [-0.39, 0.29) is 24.5 Å². The van der Waals surface area contributed by atoms with Crippen LogP contribution in [0.25, 0.3) is 0 Å². The van der Waals surface area contributed by atoms with Crippen LogP contribution in [0.15, 0.2) is 36.4 Å². The van der Waals surface area contributed by atoms with Gasteiger partial charge in [-0.1, -0.05) is 6.07 Å². The van der Waals surface area contributed by atoms with Gasteiger partial charge in [0.05, 0.1) is 11.4 Å². The maximum absolute atomic E-state index is 13.2. The van der Waals surface area contributed by atoms with Crippen LogP contribution in [-0.2, 0) is 21.2 Å². The van der Waals surface area contributed by atoms with E-state index in [1.165, 1.54) is 6.07 Å². The first kappa shape index (κ1) is 19.8. The van der Waals surface area contributed by atoms with Crippen molar-refractivity contribution in [2.75, 3.05) is 15.8 Å². The van der Waals surface area contributed by atoms with Crippen molar-refractivity contribution in [2.24, 2.45) is 0 Å². The van der Waals surface area contributed by atoms with Crippen molar-refractivity contribution in [1.29, 1.82) is 0 Å². The molecule has 2 aromatic carbocycles. The molecule has 0 spiro atoms. The van der Waals surface area contributed by atoms with Crippen LogP contribution in [0.5, 0.6) is 0 Å². The van der Waals surface area contributed by atoms with Crippen molar-refractivity contribution in [1.82, 2.24) is 0 Å². The van der Waals surface area contributed by atoms with Gasteiger partial charge in [0.1, 0.15) is 0 Å². The van der Waals surface area contributed by atoms with Crippen molar-refractivity contribution in [3.8, 4) is 0 Å². The number of benzene rings is 2. The predicted molar refractivity (Wildman–Crippen MR) is 97.6 cm³/mol. The topological polar surface area (TPSA) is 75.3 Å². The summed E-state index contributed by atoms with van der Waals surface area (Å²) in [7, 11) is -3.37. The Labute approximate surface area is 151 Å². The number of nitrogens with one attached hydrogen (secondary N) is 2. The Kier molecular flexibility index (Phi) is 6.31. The van der Waals surface area contributed by atoms with Crippen molar-refractivity contribution in [2.45, 2.75) is 26.7 Å². The number of carbonyl (C=O) groups is 1. The molecule has 0 aromatic heterocycles. The SMILES string of the molecule is CCS(=O)(=O)Nc1ccc(NC(=O)CCc2ccc(F)c(F)c2)cc1C. The highest BCUT2D eigenvalue weighted by molar-refractivity contribution is 7.92. The molecule has 2 rings (SSSR count). The Morgan fingerprint density at radius 3 is 2.42 bits per heavy atom. The van der Waals surface area contributed by atoms with Crippen molar-refractivity contribution in [3.63, 3.8) is 0 Å². The molecule has 0 radical (unpaired) electrons.